The molecule has 2 amide bonds. The van der Waals surface area contributed by atoms with E-state index < -0.39 is 0 Å². The maximum atomic E-state index is 12.9. The molecule has 9 nitrogen and oxygen atoms in total. The van der Waals surface area contributed by atoms with Gasteiger partial charge >= 0.3 is 0 Å². The molecule has 0 aromatic carbocycles. The second-order valence-electron chi connectivity index (χ2n) is 8.35. The van der Waals surface area contributed by atoms with Crippen LogP contribution in [0.1, 0.15) is 41.1 Å². The summed E-state index contributed by atoms with van der Waals surface area (Å²) in [4.78, 5) is 31.4. The zero-order valence-electron chi connectivity index (χ0n) is 18.1. The predicted octanol–water partition coefficient (Wildman–Crippen LogP) is 1.20. The molecule has 0 radical (unpaired) electrons. The highest BCUT2D eigenvalue weighted by Gasteiger charge is 2.27. The van der Waals surface area contributed by atoms with Gasteiger partial charge in [-0.15, -0.1) is 0 Å². The van der Waals surface area contributed by atoms with Crippen molar-refractivity contribution in [2.75, 3.05) is 45.8 Å². The molecule has 2 saturated heterocycles. The van der Waals surface area contributed by atoms with Gasteiger partial charge in [0.05, 0.1) is 17.9 Å². The van der Waals surface area contributed by atoms with E-state index in [1.54, 1.807) is 0 Å². The second-order valence-corrected chi connectivity index (χ2v) is 8.35. The summed E-state index contributed by atoms with van der Waals surface area (Å²) in [6, 6.07) is 1.81. The number of aryl methyl sites for hydroxylation is 2. The van der Waals surface area contributed by atoms with Gasteiger partial charge in [0.2, 0.25) is 5.91 Å². The van der Waals surface area contributed by atoms with E-state index in [4.69, 9.17) is 0 Å². The van der Waals surface area contributed by atoms with Crippen molar-refractivity contribution in [3.8, 4) is 11.3 Å². The topological polar surface area (TPSA) is 90.4 Å². The highest BCUT2D eigenvalue weighted by molar-refractivity contribution is 5.93. The van der Waals surface area contributed by atoms with E-state index >= 15 is 0 Å². The SMILES string of the molecule is Cc1nn(C)c(C)c1-c1cc(C(=O)N2CCN(CC(=O)N3CCCCC3)CC2)[nH]n1. The predicted molar refractivity (Wildman–Crippen MR) is 113 cm³/mol. The zero-order chi connectivity index (χ0) is 21.3. The summed E-state index contributed by atoms with van der Waals surface area (Å²) in [6.07, 6.45) is 3.44. The highest BCUT2D eigenvalue weighted by Crippen LogP contribution is 2.25. The fourth-order valence-electron chi connectivity index (χ4n) is 4.42. The molecule has 0 bridgehead atoms. The van der Waals surface area contributed by atoms with Crippen LogP contribution in [0.5, 0.6) is 0 Å². The van der Waals surface area contributed by atoms with Gasteiger partial charge in [0.15, 0.2) is 0 Å². The van der Waals surface area contributed by atoms with E-state index in [2.05, 4.69) is 20.2 Å². The summed E-state index contributed by atoms with van der Waals surface area (Å²) < 4.78 is 1.82. The fourth-order valence-corrected chi connectivity index (χ4v) is 4.42. The molecule has 1 N–H and O–H groups in total. The third kappa shape index (κ3) is 4.12. The van der Waals surface area contributed by atoms with Crippen molar-refractivity contribution >= 4 is 11.8 Å². The molecule has 4 rings (SSSR count). The quantitative estimate of drug-likeness (QED) is 0.813. The monoisotopic (exact) mass is 413 g/mol. The first-order valence-electron chi connectivity index (χ1n) is 10.8. The minimum absolute atomic E-state index is 0.0463. The van der Waals surface area contributed by atoms with E-state index in [-0.39, 0.29) is 11.8 Å². The highest BCUT2D eigenvalue weighted by atomic mass is 16.2. The second kappa shape index (κ2) is 8.59. The molecule has 0 unspecified atom stereocenters. The van der Waals surface area contributed by atoms with Crippen LogP contribution in [0.3, 0.4) is 0 Å². The summed E-state index contributed by atoms with van der Waals surface area (Å²) in [5.74, 6) is 0.171. The smallest absolute Gasteiger partial charge is 0.271 e. The maximum Gasteiger partial charge on any atom is 0.271 e. The van der Waals surface area contributed by atoms with Crippen molar-refractivity contribution in [3.63, 3.8) is 0 Å². The lowest BCUT2D eigenvalue weighted by atomic mass is 10.1. The van der Waals surface area contributed by atoms with Gasteiger partial charge < -0.3 is 9.80 Å². The van der Waals surface area contributed by atoms with Crippen molar-refractivity contribution in [2.45, 2.75) is 33.1 Å². The molecular formula is C21H31N7O2. The lowest BCUT2D eigenvalue weighted by Crippen LogP contribution is -2.52. The summed E-state index contributed by atoms with van der Waals surface area (Å²) in [5, 5.41) is 11.7. The number of nitrogens with one attached hydrogen (secondary N) is 1. The number of likely N-dealkylation sites (tertiary alicyclic amines) is 1. The summed E-state index contributed by atoms with van der Waals surface area (Å²) in [6.45, 7) is 8.83. The number of amides is 2. The number of hydrogen-bond acceptors (Lipinski definition) is 5. The Balaban J connectivity index is 1.33. The van der Waals surface area contributed by atoms with E-state index in [1.165, 1.54) is 6.42 Å². The number of H-pyrrole nitrogens is 1. The summed E-state index contributed by atoms with van der Waals surface area (Å²) in [5.41, 5.74) is 4.11. The van der Waals surface area contributed by atoms with E-state index in [0.29, 0.717) is 38.4 Å². The average Bonchev–Trinajstić information content (AvgIpc) is 3.33. The van der Waals surface area contributed by atoms with E-state index in [9.17, 15) is 9.59 Å². The Kier molecular flexibility index (Phi) is 5.90. The minimum atomic E-state index is -0.0463. The van der Waals surface area contributed by atoms with Crippen molar-refractivity contribution in [2.24, 2.45) is 7.05 Å². The van der Waals surface area contributed by atoms with Gasteiger partial charge in [0.25, 0.3) is 5.91 Å². The Bertz CT molecular complexity index is 918. The first-order chi connectivity index (χ1) is 14.4. The lowest BCUT2D eigenvalue weighted by Gasteiger charge is -2.35. The van der Waals surface area contributed by atoms with Crippen LogP contribution in [-0.2, 0) is 11.8 Å². The number of piperidine rings is 1. The molecule has 0 saturated carbocycles. The van der Waals surface area contributed by atoms with Gasteiger partial charge in [-0.05, 0) is 39.2 Å². The van der Waals surface area contributed by atoms with E-state index in [0.717, 1.165) is 48.6 Å². The largest absolute Gasteiger partial charge is 0.342 e. The van der Waals surface area contributed by atoms with Gasteiger partial charge in [-0.25, -0.2) is 0 Å². The normalized spacial score (nSPS) is 18.1. The molecule has 0 spiro atoms. The maximum absolute atomic E-state index is 12.9. The number of rotatable bonds is 4. The van der Waals surface area contributed by atoms with Crippen LogP contribution in [0.2, 0.25) is 0 Å². The molecule has 30 heavy (non-hydrogen) atoms. The van der Waals surface area contributed by atoms with Crippen LogP contribution >= 0.6 is 0 Å². The molecule has 0 atom stereocenters. The molecule has 2 aliphatic rings. The van der Waals surface area contributed by atoms with Crippen molar-refractivity contribution in [1.82, 2.24) is 34.7 Å². The van der Waals surface area contributed by atoms with Crippen LogP contribution in [0.15, 0.2) is 6.07 Å². The summed E-state index contributed by atoms with van der Waals surface area (Å²) in [7, 11) is 1.90. The molecule has 2 aliphatic heterocycles. The number of nitrogens with zero attached hydrogens (tertiary/aromatic N) is 6. The minimum Gasteiger partial charge on any atom is -0.342 e. The molecule has 2 aromatic heterocycles. The molecule has 4 heterocycles. The van der Waals surface area contributed by atoms with Gasteiger partial charge in [0, 0.05) is 57.6 Å². The number of carbonyl (C=O) groups excluding carboxylic acids is 2. The molecule has 9 heteroatoms. The lowest BCUT2D eigenvalue weighted by molar-refractivity contribution is -0.133. The van der Waals surface area contributed by atoms with Gasteiger partial charge in [-0.3, -0.25) is 24.3 Å². The molecular weight excluding hydrogens is 382 g/mol. The molecule has 0 aliphatic carbocycles. The van der Waals surface area contributed by atoms with Crippen molar-refractivity contribution in [1.29, 1.82) is 0 Å². The van der Waals surface area contributed by atoms with Crippen molar-refractivity contribution < 1.29 is 9.59 Å². The van der Waals surface area contributed by atoms with Crippen LogP contribution in [0.25, 0.3) is 11.3 Å². The van der Waals surface area contributed by atoms with E-state index in [1.807, 2.05) is 41.4 Å². The number of carbonyl (C=O) groups is 2. The Morgan fingerprint density at radius 3 is 2.33 bits per heavy atom. The van der Waals surface area contributed by atoms with Gasteiger partial charge in [0.1, 0.15) is 5.69 Å². The number of hydrogen-bond donors (Lipinski definition) is 1. The van der Waals surface area contributed by atoms with Crippen LogP contribution in [0, 0.1) is 13.8 Å². The Morgan fingerprint density at radius 2 is 1.70 bits per heavy atom. The number of piperazine rings is 1. The fraction of sp³-hybridized carbons (Fsp3) is 0.619. The third-order valence-electron chi connectivity index (χ3n) is 6.30. The summed E-state index contributed by atoms with van der Waals surface area (Å²) >= 11 is 0. The molecule has 2 aromatic rings. The number of aromatic amines is 1. The Hall–Kier alpha value is -2.68. The Morgan fingerprint density at radius 1 is 1.00 bits per heavy atom. The average molecular weight is 414 g/mol. The standard InChI is InChI=1S/C21H31N7O2/c1-15-20(16(2)25(3)24-15)17-13-18(23-22-17)21(30)28-11-9-26(10-12-28)14-19(29)27-7-5-4-6-8-27/h13H,4-12,14H2,1-3H3,(H,22,23). The van der Waals surface area contributed by atoms with Crippen LogP contribution in [0.4, 0.5) is 0 Å². The zero-order valence-corrected chi connectivity index (χ0v) is 18.1. The molecule has 162 valence electrons. The first-order valence-corrected chi connectivity index (χ1v) is 10.8. The Labute approximate surface area is 177 Å². The van der Waals surface area contributed by atoms with Crippen LogP contribution < -0.4 is 0 Å². The molecule has 2 fully saturated rings. The van der Waals surface area contributed by atoms with Crippen LogP contribution in [-0.4, -0.2) is 92.3 Å². The number of aromatic nitrogens is 4. The first kappa shape index (κ1) is 20.6. The third-order valence-corrected chi connectivity index (χ3v) is 6.30. The van der Waals surface area contributed by atoms with Crippen molar-refractivity contribution in [3.05, 3.63) is 23.1 Å². The van der Waals surface area contributed by atoms with Gasteiger partial charge in [-0.2, -0.15) is 10.2 Å². The van der Waals surface area contributed by atoms with Gasteiger partial charge in [-0.1, -0.05) is 0 Å².